The third kappa shape index (κ3) is 4.29. The van der Waals surface area contributed by atoms with Gasteiger partial charge >= 0.3 is 5.97 Å². The zero-order valence-electron chi connectivity index (χ0n) is 13.9. The molecule has 4 N–H and O–H groups in total. The largest absolute Gasteiger partial charge is 0.496 e. The summed E-state index contributed by atoms with van der Waals surface area (Å²) in [5.74, 6) is -1.36. The smallest absolute Gasteiger partial charge is 0.311 e. The van der Waals surface area contributed by atoms with E-state index in [2.05, 4.69) is 5.32 Å². The number of benzene rings is 1. The fraction of sp³-hybridized carbons (Fsp3) is 0.500. The average Bonchev–Trinajstić information content (AvgIpc) is 2.59. The average molecular weight is 370 g/mol. The summed E-state index contributed by atoms with van der Waals surface area (Å²) in [7, 11) is -2.62. The van der Waals surface area contributed by atoms with E-state index in [1.807, 2.05) is 0 Å². The van der Waals surface area contributed by atoms with Crippen LogP contribution < -0.4 is 15.2 Å². The summed E-state index contributed by atoms with van der Waals surface area (Å²) < 4.78 is 28.0. The molecule has 0 saturated heterocycles. The molecule has 0 unspecified atom stereocenters. The number of hydrogen-bond acceptors (Lipinski definition) is 5. The summed E-state index contributed by atoms with van der Waals surface area (Å²) in [6, 6.07) is 3.70. The van der Waals surface area contributed by atoms with Crippen LogP contribution in [0.1, 0.15) is 42.5 Å². The number of carbonyl (C=O) groups is 2. The predicted molar refractivity (Wildman–Crippen MR) is 89.9 cm³/mol. The van der Waals surface area contributed by atoms with Gasteiger partial charge in [-0.2, -0.15) is 0 Å². The van der Waals surface area contributed by atoms with E-state index >= 15 is 0 Å². The lowest BCUT2D eigenvalue weighted by Crippen LogP contribution is -2.44. The summed E-state index contributed by atoms with van der Waals surface area (Å²) in [6.45, 7) is -0.0239. The van der Waals surface area contributed by atoms with Crippen molar-refractivity contribution in [3.05, 3.63) is 23.8 Å². The van der Waals surface area contributed by atoms with Crippen molar-refractivity contribution in [2.45, 2.75) is 37.0 Å². The minimum atomic E-state index is -3.97. The number of carboxylic acid groups (broad SMARTS) is 1. The first-order valence-corrected chi connectivity index (χ1v) is 9.47. The van der Waals surface area contributed by atoms with E-state index in [0.717, 1.165) is 25.3 Å². The Labute approximate surface area is 146 Å². The summed E-state index contributed by atoms with van der Waals surface area (Å²) >= 11 is 0. The minimum absolute atomic E-state index is 0.00891. The molecule has 0 aliphatic heterocycles. The molecule has 1 fully saturated rings. The van der Waals surface area contributed by atoms with Gasteiger partial charge in [-0.1, -0.05) is 19.3 Å². The van der Waals surface area contributed by atoms with E-state index in [1.165, 1.54) is 19.2 Å². The van der Waals surface area contributed by atoms with Crippen LogP contribution in [-0.2, 0) is 14.8 Å². The first-order valence-electron chi connectivity index (χ1n) is 7.92. The standard InChI is InChI=1S/C16H22N2O6S/c1-24-13-6-5-11(25(17,22)23)9-12(13)14(19)18-10-16(15(20)21)7-3-2-4-8-16/h5-6,9H,2-4,7-8,10H2,1H3,(H,18,19)(H,20,21)(H2,17,22,23). The summed E-state index contributed by atoms with van der Waals surface area (Å²) in [5.41, 5.74) is -0.996. The van der Waals surface area contributed by atoms with Gasteiger partial charge in [-0.25, -0.2) is 13.6 Å². The maximum absolute atomic E-state index is 12.5. The summed E-state index contributed by atoms with van der Waals surface area (Å²) in [5, 5.41) is 17.3. The Bertz CT molecular complexity index is 769. The van der Waals surface area contributed by atoms with Crippen LogP contribution in [0.5, 0.6) is 5.75 Å². The van der Waals surface area contributed by atoms with E-state index < -0.39 is 27.3 Å². The van der Waals surface area contributed by atoms with Crippen LogP contribution in [0.4, 0.5) is 0 Å². The van der Waals surface area contributed by atoms with Crippen LogP contribution in [-0.4, -0.2) is 39.1 Å². The number of amides is 1. The monoisotopic (exact) mass is 370 g/mol. The van der Waals surface area contributed by atoms with E-state index in [0.29, 0.717) is 12.8 Å². The number of methoxy groups -OCH3 is 1. The van der Waals surface area contributed by atoms with Gasteiger partial charge in [0.15, 0.2) is 0 Å². The Morgan fingerprint density at radius 3 is 2.44 bits per heavy atom. The van der Waals surface area contributed by atoms with Crippen molar-refractivity contribution in [2.24, 2.45) is 10.6 Å². The summed E-state index contributed by atoms with van der Waals surface area (Å²) in [6.07, 6.45) is 3.57. The lowest BCUT2D eigenvalue weighted by atomic mass is 9.74. The highest BCUT2D eigenvalue weighted by molar-refractivity contribution is 7.89. The lowest BCUT2D eigenvalue weighted by Gasteiger charge is -2.33. The van der Waals surface area contributed by atoms with Crippen molar-refractivity contribution in [1.29, 1.82) is 0 Å². The molecule has 1 amide bonds. The van der Waals surface area contributed by atoms with Gasteiger partial charge in [-0.3, -0.25) is 9.59 Å². The number of carboxylic acids is 1. The third-order valence-electron chi connectivity index (χ3n) is 4.60. The Balaban J connectivity index is 2.23. The quantitative estimate of drug-likeness (QED) is 0.686. The first-order chi connectivity index (χ1) is 11.7. The van der Waals surface area contributed by atoms with Gasteiger partial charge in [0, 0.05) is 6.54 Å². The molecule has 0 spiro atoms. The maximum atomic E-state index is 12.5. The molecule has 0 heterocycles. The van der Waals surface area contributed by atoms with Gasteiger partial charge < -0.3 is 15.2 Å². The third-order valence-corrected chi connectivity index (χ3v) is 5.51. The Hall–Kier alpha value is -2.13. The number of sulfonamides is 1. The fourth-order valence-corrected chi connectivity index (χ4v) is 3.62. The molecule has 1 aromatic rings. The molecule has 9 heteroatoms. The fourth-order valence-electron chi connectivity index (χ4n) is 3.08. The SMILES string of the molecule is COc1ccc(S(N)(=O)=O)cc1C(=O)NCC1(C(=O)O)CCCCC1. The molecule has 1 saturated carbocycles. The van der Waals surface area contributed by atoms with Gasteiger partial charge in [-0.05, 0) is 31.0 Å². The number of aliphatic carboxylic acids is 1. The maximum Gasteiger partial charge on any atom is 0.311 e. The number of carbonyl (C=O) groups excluding carboxylic acids is 1. The number of nitrogens with one attached hydrogen (secondary N) is 1. The molecule has 138 valence electrons. The van der Waals surface area contributed by atoms with Gasteiger partial charge in [0.1, 0.15) is 5.75 Å². The predicted octanol–water partition coefficient (Wildman–Crippen LogP) is 1.11. The van der Waals surface area contributed by atoms with E-state index in [1.54, 1.807) is 0 Å². The van der Waals surface area contributed by atoms with Crippen molar-refractivity contribution in [3.63, 3.8) is 0 Å². The van der Waals surface area contributed by atoms with Crippen molar-refractivity contribution in [2.75, 3.05) is 13.7 Å². The van der Waals surface area contributed by atoms with Crippen molar-refractivity contribution < 1.29 is 27.9 Å². The summed E-state index contributed by atoms with van der Waals surface area (Å²) in [4.78, 5) is 23.9. The molecule has 0 atom stereocenters. The Morgan fingerprint density at radius 2 is 1.92 bits per heavy atom. The second-order valence-corrected chi connectivity index (χ2v) is 7.80. The van der Waals surface area contributed by atoms with Gasteiger partial charge in [0.05, 0.1) is 23.0 Å². The first kappa shape index (κ1) is 19.2. The number of ether oxygens (including phenoxy) is 1. The van der Waals surface area contributed by atoms with Crippen LogP contribution in [0.25, 0.3) is 0 Å². The molecule has 25 heavy (non-hydrogen) atoms. The number of rotatable bonds is 6. The molecular formula is C16H22N2O6S. The van der Waals surface area contributed by atoms with E-state index in [9.17, 15) is 23.1 Å². The van der Waals surface area contributed by atoms with Crippen LogP contribution in [0.15, 0.2) is 23.1 Å². The molecule has 0 bridgehead atoms. The topological polar surface area (TPSA) is 136 Å². The van der Waals surface area contributed by atoms with Crippen LogP contribution in [0, 0.1) is 5.41 Å². The highest BCUT2D eigenvalue weighted by Gasteiger charge is 2.40. The van der Waals surface area contributed by atoms with Crippen LogP contribution >= 0.6 is 0 Å². The van der Waals surface area contributed by atoms with E-state index in [-0.39, 0.29) is 22.8 Å². The Kier molecular flexibility index (Phi) is 5.69. The number of nitrogens with two attached hydrogens (primary N) is 1. The zero-order valence-corrected chi connectivity index (χ0v) is 14.8. The van der Waals surface area contributed by atoms with Crippen LogP contribution in [0.2, 0.25) is 0 Å². The minimum Gasteiger partial charge on any atom is -0.496 e. The Morgan fingerprint density at radius 1 is 1.28 bits per heavy atom. The van der Waals surface area contributed by atoms with Gasteiger partial charge in [-0.15, -0.1) is 0 Å². The zero-order chi connectivity index (χ0) is 18.7. The van der Waals surface area contributed by atoms with E-state index in [4.69, 9.17) is 9.88 Å². The molecular weight excluding hydrogens is 348 g/mol. The van der Waals surface area contributed by atoms with Gasteiger partial charge in [0.2, 0.25) is 10.0 Å². The molecule has 1 aromatic carbocycles. The normalized spacial score (nSPS) is 16.9. The highest BCUT2D eigenvalue weighted by Crippen LogP contribution is 2.36. The molecule has 8 nitrogen and oxygen atoms in total. The molecule has 0 radical (unpaired) electrons. The number of primary sulfonamides is 1. The molecule has 1 aliphatic rings. The molecule has 1 aliphatic carbocycles. The van der Waals surface area contributed by atoms with Crippen molar-refractivity contribution in [3.8, 4) is 5.75 Å². The van der Waals surface area contributed by atoms with Crippen molar-refractivity contribution in [1.82, 2.24) is 5.32 Å². The van der Waals surface area contributed by atoms with Crippen molar-refractivity contribution >= 4 is 21.9 Å². The highest BCUT2D eigenvalue weighted by atomic mass is 32.2. The molecule has 0 aromatic heterocycles. The van der Waals surface area contributed by atoms with Crippen LogP contribution in [0.3, 0.4) is 0 Å². The lowest BCUT2D eigenvalue weighted by molar-refractivity contribution is -0.150. The van der Waals surface area contributed by atoms with Gasteiger partial charge in [0.25, 0.3) is 5.91 Å². The molecule has 2 rings (SSSR count). The number of hydrogen-bond donors (Lipinski definition) is 3. The second-order valence-electron chi connectivity index (χ2n) is 6.24. The second kappa shape index (κ2) is 7.40.